The number of alkyl halides is 11. The van der Waals surface area contributed by atoms with Crippen molar-refractivity contribution in [3.8, 4) is 0 Å². The predicted octanol–water partition coefficient (Wildman–Crippen LogP) is 4.04. The van der Waals surface area contributed by atoms with Crippen LogP contribution in [0.15, 0.2) is 0 Å². The molecule has 0 atom stereocenters. The lowest BCUT2D eigenvalue weighted by molar-refractivity contribution is -0.581. The Hall–Kier alpha value is -0.580. The Morgan fingerprint density at radius 3 is 1.80 bits per heavy atom. The molecule has 0 aliphatic carbocycles. The number of ether oxygens (including phenoxy) is 2. The van der Waals surface area contributed by atoms with Crippen LogP contribution in [0.2, 0.25) is 0 Å². The fraction of sp³-hybridized carbons (Fsp3) is 0.900. The molecule has 0 N–H and O–H groups in total. The van der Waals surface area contributed by atoms with Crippen LogP contribution >= 0.6 is 22.6 Å². The summed E-state index contributed by atoms with van der Waals surface area (Å²) in [6, 6.07) is -19.5. The third-order valence-electron chi connectivity index (χ3n) is 2.81. The number of nitrogens with zero attached hydrogens (tertiary/aromatic N) is 1. The molecule has 1 aliphatic rings. The van der Waals surface area contributed by atoms with E-state index in [0.717, 1.165) is 0 Å². The first-order valence-corrected chi connectivity index (χ1v) is 7.71. The summed E-state index contributed by atoms with van der Waals surface area (Å²) >= 11 is 1.84. The van der Waals surface area contributed by atoms with Crippen molar-refractivity contribution in [1.82, 2.24) is 4.90 Å². The lowest BCUT2D eigenvalue weighted by Crippen LogP contribution is -2.78. The van der Waals surface area contributed by atoms with E-state index in [1.807, 2.05) is 27.3 Å². The number of unbranched alkanes of at least 4 members (excludes halogenated alkanes) is 1. The van der Waals surface area contributed by atoms with E-state index < -0.39 is 47.8 Å². The predicted molar refractivity (Wildman–Crippen MR) is 66.7 cm³/mol. The summed E-state index contributed by atoms with van der Waals surface area (Å²) in [5.41, 5.74) is 0. The molecule has 0 saturated carbocycles. The number of rotatable bonds is 6. The van der Waals surface area contributed by atoms with Crippen molar-refractivity contribution >= 4 is 28.6 Å². The minimum Gasteiger partial charge on any atom is -0.460 e. The smallest absolute Gasteiger partial charge is 0.439 e. The van der Waals surface area contributed by atoms with Gasteiger partial charge < -0.3 is 4.74 Å². The molecule has 1 heterocycles. The van der Waals surface area contributed by atoms with Gasteiger partial charge in [0.1, 0.15) is 0 Å². The molecular weight excluding hydrogens is 499 g/mol. The van der Waals surface area contributed by atoms with E-state index in [1.165, 1.54) is 0 Å². The number of morpholine rings is 1. The van der Waals surface area contributed by atoms with Gasteiger partial charge in [0, 0.05) is 0 Å². The Morgan fingerprint density at radius 2 is 1.40 bits per heavy atom. The number of hydrogen-bond acceptors (Lipinski definition) is 4. The number of carbonyl (C=O) groups is 1. The van der Waals surface area contributed by atoms with Crippen molar-refractivity contribution in [1.29, 1.82) is 0 Å². The second-order valence-corrected chi connectivity index (χ2v) is 5.71. The molecule has 1 aliphatic heterocycles. The lowest BCUT2D eigenvalue weighted by atomic mass is 10.2. The lowest BCUT2D eigenvalue weighted by Gasteiger charge is -2.48. The van der Waals surface area contributed by atoms with Crippen LogP contribution in [-0.4, -0.2) is 52.3 Å². The van der Waals surface area contributed by atoms with Gasteiger partial charge in [0.2, 0.25) is 0 Å². The van der Waals surface area contributed by atoms with Gasteiger partial charge in [-0.15, -0.1) is 0 Å². The Labute approximate surface area is 146 Å². The second kappa shape index (κ2) is 6.86. The SMILES string of the molecule is O=C(OCCCCI)C(F)(F)N1C(F)(F)C(F)(F)OC(F)(F)C1(F)F. The first-order chi connectivity index (χ1) is 11.1. The average molecular weight is 507 g/mol. The Kier molecular flexibility index (Phi) is 6.16. The first kappa shape index (κ1) is 22.5. The van der Waals surface area contributed by atoms with Crippen molar-refractivity contribution < 1.29 is 58.2 Å². The third-order valence-corrected chi connectivity index (χ3v) is 3.57. The Morgan fingerprint density at radius 1 is 0.960 bits per heavy atom. The van der Waals surface area contributed by atoms with Gasteiger partial charge in [-0.05, 0) is 17.3 Å². The van der Waals surface area contributed by atoms with Crippen LogP contribution in [0.3, 0.4) is 0 Å². The van der Waals surface area contributed by atoms with E-state index >= 15 is 0 Å². The molecule has 15 heteroatoms. The molecule has 1 rings (SSSR count). The highest BCUT2D eigenvalue weighted by Gasteiger charge is 2.88. The second-order valence-electron chi connectivity index (χ2n) is 4.63. The largest absolute Gasteiger partial charge is 0.460 e. The molecule has 0 radical (unpaired) electrons. The summed E-state index contributed by atoms with van der Waals surface area (Å²) in [5.74, 6) is -3.12. The quantitative estimate of drug-likeness (QED) is 0.136. The van der Waals surface area contributed by atoms with Crippen LogP contribution in [0.5, 0.6) is 0 Å². The topological polar surface area (TPSA) is 38.8 Å². The number of hydrogen-bond donors (Lipinski definition) is 0. The van der Waals surface area contributed by atoms with Gasteiger partial charge in [-0.1, -0.05) is 27.5 Å². The van der Waals surface area contributed by atoms with Crippen LogP contribution in [-0.2, 0) is 14.3 Å². The van der Waals surface area contributed by atoms with E-state index in [-0.39, 0.29) is 6.42 Å². The molecule has 0 aromatic heterocycles. The van der Waals surface area contributed by atoms with Gasteiger partial charge in [0.05, 0.1) is 6.61 Å². The number of halogens is 11. The van der Waals surface area contributed by atoms with Crippen LogP contribution in [0.25, 0.3) is 0 Å². The third kappa shape index (κ3) is 3.77. The van der Waals surface area contributed by atoms with E-state index in [0.29, 0.717) is 10.8 Å². The maximum Gasteiger partial charge on any atom is 0.439 e. The Balaban J connectivity index is 3.25. The van der Waals surface area contributed by atoms with E-state index in [4.69, 9.17) is 0 Å². The normalized spacial score (nSPS) is 24.8. The van der Waals surface area contributed by atoms with Gasteiger partial charge in [-0.2, -0.15) is 43.9 Å². The van der Waals surface area contributed by atoms with Crippen molar-refractivity contribution in [2.45, 2.75) is 43.2 Å². The highest BCUT2D eigenvalue weighted by Crippen LogP contribution is 2.58. The summed E-state index contributed by atoms with van der Waals surface area (Å²) in [7, 11) is 0. The summed E-state index contributed by atoms with van der Waals surface area (Å²) in [5, 5.41) is 0. The zero-order chi connectivity index (χ0) is 19.9. The van der Waals surface area contributed by atoms with Gasteiger partial charge in [-0.25, -0.2) is 9.53 Å². The summed E-state index contributed by atoms with van der Waals surface area (Å²) in [6.45, 7) is -0.855. The fourth-order valence-electron chi connectivity index (χ4n) is 1.61. The maximum absolute atomic E-state index is 13.7. The molecule has 1 fully saturated rings. The standard InChI is InChI=1S/C10H8F10INO3/c11-6(12,5(23)24-4-2-1-3-21)22-7(13,14)9(17,18)25-10(19,20)8(22,15)16/h1-4H2. The molecule has 0 amide bonds. The van der Waals surface area contributed by atoms with Crippen LogP contribution < -0.4 is 0 Å². The molecule has 25 heavy (non-hydrogen) atoms. The molecular formula is C10H8F10INO3. The summed E-state index contributed by atoms with van der Waals surface area (Å²) < 4.78 is 138. The van der Waals surface area contributed by atoms with E-state index in [1.54, 1.807) is 0 Å². The van der Waals surface area contributed by atoms with Crippen molar-refractivity contribution in [2.24, 2.45) is 0 Å². The monoisotopic (exact) mass is 507 g/mol. The molecule has 148 valence electrons. The van der Waals surface area contributed by atoms with Crippen LogP contribution in [0.4, 0.5) is 43.9 Å². The van der Waals surface area contributed by atoms with Gasteiger partial charge in [0.15, 0.2) is 0 Å². The molecule has 0 spiro atoms. The summed E-state index contributed by atoms with van der Waals surface area (Å²) in [6.07, 6.45) is -12.7. The van der Waals surface area contributed by atoms with E-state index in [9.17, 15) is 48.7 Å². The molecule has 1 saturated heterocycles. The minimum absolute atomic E-state index is 0.0903. The number of carbonyl (C=O) groups excluding carboxylic acids is 1. The van der Waals surface area contributed by atoms with Crippen molar-refractivity contribution in [3.05, 3.63) is 0 Å². The Bertz CT molecular complexity index is 489. The summed E-state index contributed by atoms with van der Waals surface area (Å²) in [4.78, 5) is 7.93. The zero-order valence-electron chi connectivity index (χ0n) is 11.7. The van der Waals surface area contributed by atoms with Crippen LogP contribution in [0, 0.1) is 0 Å². The van der Waals surface area contributed by atoms with E-state index in [2.05, 4.69) is 4.74 Å². The van der Waals surface area contributed by atoms with Gasteiger partial charge in [-0.3, -0.25) is 0 Å². The van der Waals surface area contributed by atoms with Gasteiger partial charge in [0.25, 0.3) is 0 Å². The molecule has 4 nitrogen and oxygen atoms in total. The van der Waals surface area contributed by atoms with Gasteiger partial charge >= 0.3 is 36.3 Å². The molecule has 0 unspecified atom stereocenters. The van der Waals surface area contributed by atoms with Crippen molar-refractivity contribution in [2.75, 3.05) is 11.0 Å². The molecule has 0 aromatic carbocycles. The van der Waals surface area contributed by atoms with Crippen molar-refractivity contribution in [3.63, 3.8) is 0 Å². The highest BCUT2D eigenvalue weighted by atomic mass is 127. The molecule has 0 bridgehead atoms. The highest BCUT2D eigenvalue weighted by molar-refractivity contribution is 14.1. The average Bonchev–Trinajstić information content (AvgIpc) is 2.39. The zero-order valence-corrected chi connectivity index (χ0v) is 13.8. The fourth-order valence-corrected chi connectivity index (χ4v) is 2.15. The minimum atomic E-state index is -6.66. The maximum atomic E-state index is 13.7. The first-order valence-electron chi connectivity index (χ1n) is 6.18. The van der Waals surface area contributed by atoms with Crippen LogP contribution in [0.1, 0.15) is 12.8 Å². The molecule has 0 aromatic rings. The number of esters is 1.